The van der Waals surface area contributed by atoms with Crippen LogP contribution in [0.25, 0.3) is 0 Å². The summed E-state index contributed by atoms with van der Waals surface area (Å²) in [5.41, 5.74) is 6.76. The zero-order chi connectivity index (χ0) is 12.8. The lowest BCUT2D eigenvalue weighted by Gasteiger charge is -2.14. The Morgan fingerprint density at radius 3 is 2.71 bits per heavy atom. The van der Waals surface area contributed by atoms with Gasteiger partial charge in [0, 0.05) is 25.6 Å². The van der Waals surface area contributed by atoms with Crippen molar-refractivity contribution in [3.05, 3.63) is 11.4 Å². The molecular weight excluding hydrogens is 216 g/mol. The molecule has 0 amide bonds. The van der Waals surface area contributed by atoms with Gasteiger partial charge in [-0.1, -0.05) is 6.92 Å². The number of nitrogens with zero attached hydrogens (tertiary/aromatic N) is 2. The maximum absolute atomic E-state index is 5.87. The minimum atomic E-state index is 0.139. The highest BCUT2D eigenvalue weighted by Gasteiger charge is 2.09. The van der Waals surface area contributed by atoms with Crippen molar-refractivity contribution in [2.24, 2.45) is 0 Å². The number of aryl methyl sites for hydroxylation is 1. The fourth-order valence-corrected chi connectivity index (χ4v) is 1.41. The van der Waals surface area contributed by atoms with Gasteiger partial charge in [-0.2, -0.15) is 0 Å². The van der Waals surface area contributed by atoms with Gasteiger partial charge in [0.15, 0.2) is 0 Å². The molecule has 3 N–H and O–H groups in total. The van der Waals surface area contributed by atoms with Gasteiger partial charge >= 0.3 is 0 Å². The minimum absolute atomic E-state index is 0.139. The molecule has 0 bridgehead atoms. The zero-order valence-electron chi connectivity index (χ0n) is 11.1. The maximum Gasteiger partial charge on any atom is 0.134 e. The average Bonchev–Trinajstić information content (AvgIpc) is 2.31. The van der Waals surface area contributed by atoms with Crippen LogP contribution >= 0.6 is 0 Å². The molecule has 1 atom stereocenters. The van der Waals surface area contributed by atoms with Gasteiger partial charge in [-0.3, -0.25) is 0 Å². The molecule has 96 valence electrons. The van der Waals surface area contributed by atoms with E-state index in [1.165, 1.54) is 0 Å². The first-order valence-electron chi connectivity index (χ1n) is 5.98. The minimum Gasteiger partial charge on any atom is -0.383 e. The molecule has 1 aromatic rings. The van der Waals surface area contributed by atoms with E-state index in [0.717, 1.165) is 30.0 Å². The predicted molar refractivity (Wildman–Crippen MR) is 70.1 cm³/mol. The van der Waals surface area contributed by atoms with Crippen molar-refractivity contribution in [1.29, 1.82) is 0 Å². The Morgan fingerprint density at radius 1 is 1.41 bits per heavy atom. The summed E-state index contributed by atoms with van der Waals surface area (Å²) >= 11 is 0. The first kappa shape index (κ1) is 13.7. The summed E-state index contributed by atoms with van der Waals surface area (Å²) in [7, 11) is 1.69. The number of aromatic nitrogens is 2. The van der Waals surface area contributed by atoms with Crippen LogP contribution in [0.4, 0.5) is 11.6 Å². The van der Waals surface area contributed by atoms with E-state index in [0.29, 0.717) is 12.4 Å². The van der Waals surface area contributed by atoms with Crippen LogP contribution in [-0.4, -0.2) is 29.7 Å². The van der Waals surface area contributed by atoms with Crippen LogP contribution in [0.15, 0.2) is 0 Å². The molecule has 1 aromatic heterocycles. The molecular formula is C12H22N4O. The zero-order valence-corrected chi connectivity index (χ0v) is 11.1. The van der Waals surface area contributed by atoms with Crippen LogP contribution < -0.4 is 11.1 Å². The Kier molecular flexibility index (Phi) is 5.15. The van der Waals surface area contributed by atoms with Gasteiger partial charge in [-0.05, 0) is 20.3 Å². The van der Waals surface area contributed by atoms with E-state index < -0.39 is 0 Å². The normalized spacial score (nSPS) is 12.5. The molecule has 0 fully saturated rings. The Morgan fingerprint density at radius 2 is 2.12 bits per heavy atom. The van der Waals surface area contributed by atoms with Crippen LogP contribution in [0.1, 0.15) is 31.7 Å². The second kappa shape index (κ2) is 6.39. The monoisotopic (exact) mass is 238 g/mol. The number of ether oxygens (including phenoxy) is 1. The van der Waals surface area contributed by atoms with E-state index in [1.807, 2.05) is 13.8 Å². The van der Waals surface area contributed by atoms with Crippen molar-refractivity contribution in [2.75, 3.05) is 24.7 Å². The van der Waals surface area contributed by atoms with Crippen LogP contribution in [0.2, 0.25) is 0 Å². The lowest BCUT2D eigenvalue weighted by Crippen LogP contribution is -2.20. The molecule has 0 saturated heterocycles. The van der Waals surface area contributed by atoms with E-state index in [9.17, 15) is 0 Å². The summed E-state index contributed by atoms with van der Waals surface area (Å²) in [6.45, 7) is 6.73. The molecule has 0 aliphatic carbocycles. The highest BCUT2D eigenvalue weighted by Crippen LogP contribution is 2.17. The fraction of sp³-hybridized carbons (Fsp3) is 0.667. The van der Waals surface area contributed by atoms with Crippen molar-refractivity contribution < 1.29 is 4.74 Å². The Balaban J connectivity index is 2.82. The maximum atomic E-state index is 5.87. The smallest absolute Gasteiger partial charge is 0.134 e. The molecule has 1 unspecified atom stereocenters. The van der Waals surface area contributed by atoms with Crippen molar-refractivity contribution >= 4 is 11.6 Å². The number of anilines is 2. The molecule has 0 radical (unpaired) electrons. The van der Waals surface area contributed by atoms with Crippen LogP contribution in [0.3, 0.4) is 0 Å². The number of hydrogen-bond acceptors (Lipinski definition) is 5. The molecule has 17 heavy (non-hydrogen) atoms. The topological polar surface area (TPSA) is 73.1 Å². The lowest BCUT2D eigenvalue weighted by molar-refractivity contribution is 0.128. The molecule has 1 rings (SSSR count). The van der Waals surface area contributed by atoms with Crippen molar-refractivity contribution in [2.45, 2.75) is 39.7 Å². The van der Waals surface area contributed by atoms with Gasteiger partial charge in [0.1, 0.15) is 17.5 Å². The van der Waals surface area contributed by atoms with Gasteiger partial charge < -0.3 is 15.8 Å². The molecule has 5 heteroatoms. The third kappa shape index (κ3) is 3.85. The number of nitrogen functional groups attached to an aromatic ring is 1. The third-order valence-electron chi connectivity index (χ3n) is 2.66. The van der Waals surface area contributed by atoms with E-state index in [2.05, 4.69) is 22.2 Å². The highest BCUT2D eigenvalue weighted by atomic mass is 16.5. The van der Waals surface area contributed by atoms with Crippen LogP contribution in [0.5, 0.6) is 0 Å². The summed E-state index contributed by atoms with van der Waals surface area (Å²) in [6, 6.07) is 0. The quantitative estimate of drug-likeness (QED) is 0.790. The van der Waals surface area contributed by atoms with Crippen molar-refractivity contribution in [1.82, 2.24) is 9.97 Å². The van der Waals surface area contributed by atoms with E-state index >= 15 is 0 Å². The van der Waals surface area contributed by atoms with Gasteiger partial charge in [-0.25, -0.2) is 9.97 Å². The molecule has 1 heterocycles. The first-order chi connectivity index (χ1) is 8.08. The molecule has 0 aromatic carbocycles. The third-order valence-corrected chi connectivity index (χ3v) is 2.66. The van der Waals surface area contributed by atoms with E-state index in [1.54, 1.807) is 7.11 Å². The lowest BCUT2D eigenvalue weighted by atomic mass is 10.2. The molecule has 0 aliphatic rings. The van der Waals surface area contributed by atoms with E-state index in [4.69, 9.17) is 10.5 Å². The summed E-state index contributed by atoms with van der Waals surface area (Å²) in [4.78, 5) is 8.74. The van der Waals surface area contributed by atoms with Gasteiger partial charge in [0.2, 0.25) is 0 Å². The highest BCUT2D eigenvalue weighted by molar-refractivity contribution is 5.54. The van der Waals surface area contributed by atoms with E-state index in [-0.39, 0.29) is 6.10 Å². The van der Waals surface area contributed by atoms with Gasteiger partial charge in [0.25, 0.3) is 0 Å². The second-order valence-corrected chi connectivity index (χ2v) is 4.18. The first-order valence-corrected chi connectivity index (χ1v) is 5.98. The fourth-order valence-electron chi connectivity index (χ4n) is 1.41. The van der Waals surface area contributed by atoms with Crippen LogP contribution in [0, 0.1) is 6.92 Å². The number of hydrogen-bond donors (Lipinski definition) is 2. The molecule has 0 aliphatic heterocycles. The second-order valence-electron chi connectivity index (χ2n) is 4.18. The largest absolute Gasteiger partial charge is 0.383 e. The number of nitrogens with one attached hydrogen (secondary N) is 1. The number of methoxy groups -OCH3 is 1. The number of rotatable bonds is 6. The Hall–Kier alpha value is -1.36. The SMILES string of the molecule is CCCc1nc(N)c(C)c(NCC(C)OC)n1. The van der Waals surface area contributed by atoms with Crippen molar-refractivity contribution in [3.63, 3.8) is 0 Å². The molecule has 5 nitrogen and oxygen atoms in total. The number of nitrogens with two attached hydrogens (primary N) is 1. The summed E-state index contributed by atoms with van der Waals surface area (Å²) in [6.07, 6.45) is 2.00. The summed E-state index contributed by atoms with van der Waals surface area (Å²) in [5, 5.41) is 3.25. The van der Waals surface area contributed by atoms with Crippen molar-refractivity contribution in [3.8, 4) is 0 Å². The Labute approximate surface area is 103 Å². The van der Waals surface area contributed by atoms with Gasteiger partial charge in [-0.15, -0.1) is 0 Å². The average molecular weight is 238 g/mol. The van der Waals surface area contributed by atoms with Gasteiger partial charge in [0.05, 0.1) is 6.10 Å². The summed E-state index contributed by atoms with van der Waals surface area (Å²) < 4.78 is 5.18. The summed E-state index contributed by atoms with van der Waals surface area (Å²) in [5.74, 6) is 2.16. The molecule has 0 spiro atoms. The standard InChI is InChI=1S/C12H22N4O/c1-5-6-10-15-11(13)9(3)12(16-10)14-7-8(2)17-4/h8H,5-7H2,1-4H3,(H3,13,14,15,16). The predicted octanol–water partition coefficient (Wildman–Crippen LogP) is 1.77. The van der Waals surface area contributed by atoms with Crippen LogP contribution in [-0.2, 0) is 11.2 Å². The Bertz CT molecular complexity index is 368. The molecule has 0 saturated carbocycles.